The van der Waals surface area contributed by atoms with Gasteiger partial charge in [-0.1, -0.05) is 0 Å². The van der Waals surface area contributed by atoms with E-state index in [1.54, 1.807) is 19.9 Å². The molecule has 1 aromatic rings. The number of carbonyl (C=O) groups is 1. The molecule has 1 N–H and O–H groups in total. The average molecular weight is 220 g/mol. The average Bonchev–Trinajstić information content (AvgIpc) is 2.26. The Kier molecular flexibility index (Phi) is 3.97. The van der Waals surface area contributed by atoms with E-state index in [1.165, 1.54) is 6.07 Å². The summed E-state index contributed by atoms with van der Waals surface area (Å²) in [7, 11) is 0. The number of hydrogen-bond donors (Lipinski definition) is 1. The Balaban J connectivity index is 3.10. The molecule has 1 rings (SSSR count). The number of hydrogen-bond acceptors (Lipinski definition) is 4. The van der Waals surface area contributed by atoms with E-state index in [1.807, 2.05) is 0 Å². The molecule has 0 atom stereocenters. The Morgan fingerprint density at radius 3 is 2.88 bits per heavy atom. The van der Waals surface area contributed by atoms with Crippen molar-refractivity contribution in [2.75, 3.05) is 13.2 Å². The second-order valence-electron chi connectivity index (χ2n) is 3.22. The number of aromatic amines is 1. The Labute approximate surface area is 92.7 Å². The van der Waals surface area contributed by atoms with Crippen LogP contribution in [0.4, 0.5) is 0 Å². The number of carbonyl (C=O) groups excluding carboxylic acids is 1. The lowest BCUT2D eigenvalue weighted by Crippen LogP contribution is -2.18. The third-order valence-corrected chi connectivity index (χ3v) is 2.10. The van der Waals surface area contributed by atoms with Gasteiger partial charge >= 0.3 is 0 Å². The van der Waals surface area contributed by atoms with Crippen LogP contribution in [0, 0.1) is 18.3 Å². The van der Waals surface area contributed by atoms with E-state index in [2.05, 4.69) is 4.98 Å². The largest absolute Gasteiger partial charge is 0.374 e. The lowest BCUT2D eigenvalue weighted by molar-refractivity contribution is 0.0782. The van der Waals surface area contributed by atoms with Crippen molar-refractivity contribution >= 4 is 5.78 Å². The van der Waals surface area contributed by atoms with E-state index in [-0.39, 0.29) is 18.0 Å². The first-order valence-corrected chi connectivity index (χ1v) is 4.85. The Bertz CT molecular complexity index is 497. The van der Waals surface area contributed by atoms with E-state index in [0.29, 0.717) is 17.9 Å². The van der Waals surface area contributed by atoms with Crippen molar-refractivity contribution in [2.45, 2.75) is 13.8 Å². The summed E-state index contributed by atoms with van der Waals surface area (Å²) in [6.45, 7) is 3.79. The number of ether oxygens (including phenoxy) is 1. The number of rotatable bonds is 4. The molecule has 0 saturated carbocycles. The maximum Gasteiger partial charge on any atom is 0.266 e. The molecule has 0 aliphatic heterocycles. The molecule has 1 heterocycles. The Morgan fingerprint density at radius 2 is 2.31 bits per heavy atom. The Morgan fingerprint density at radius 1 is 1.62 bits per heavy atom. The molecule has 0 spiro atoms. The molecule has 0 fully saturated rings. The summed E-state index contributed by atoms with van der Waals surface area (Å²) in [6.07, 6.45) is 0. The molecule has 16 heavy (non-hydrogen) atoms. The highest BCUT2D eigenvalue weighted by Crippen LogP contribution is 2.06. The molecule has 0 aromatic carbocycles. The molecular weight excluding hydrogens is 208 g/mol. The third-order valence-electron chi connectivity index (χ3n) is 2.10. The predicted molar refractivity (Wildman–Crippen MR) is 57.3 cm³/mol. The van der Waals surface area contributed by atoms with E-state index < -0.39 is 5.56 Å². The van der Waals surface area contributed by atoms with Crippen LogP contribution in [0.5, 0.6) is 0 Å². The van der Waals surface area contributed by atoms with E-state index >= 15 is 0 Å². The monoisotopic (exact) mass is 220 g/mol. The van der Waals surface area contributed by atoms with Crippen LogP contribution in [-0.4, -0.2) is 24.0 Å². The fourth-order valence-electron chi connectivity index (χ4n) is 1.27. The van der Waals surface area contributed by atoms with Crippen LogP contribution in [0.15, 0.2) is 10.9 Å². The van der Waals surface area contributed by atoms with Gasteiger partial charge in [-0.3, -0.25) is 9.59 Å². The van der Waals surface area contributed by atoms with Crippen molar-refractivity contribution in [1.29, 1.82) is 5.26 Å². The summed E-state index contributed by atoms with van der Waals surface area (Å²) >= 11 is 0. The summed E-state index contributed by atoms with van der Waals surface area (Å²) < 4.78 is 4.98. The van der Waals surface area contributed by atoms with Crippen LogP contribution in [0.1, 0.15) is 28.5 Å². The van der Waals surface area contributed by atoms with Crippen LogP contribution in [0.25, 0.3) is 0 Å². The minimum absolute atomic E-state index is 0.0474. The predicted octanol–water partition coefficient (Wildman–Crippen LogP) is 0.774. The number of aromatic nitrogens is 1. The topological polar surface area (TPSA) is 82.9 Å². The smallest absolute Gasteiger partial charge is 0.266 e. The molecule has 0 aliphatic carbocycles. The number of H-pyrrole nitrogens is 1. The normalized spacial score (nSPS) is 9.81. The second kappa shape index (κ2) is 5.24. The summed E-state index contributed by atoms with van der Waals surface area (Å²) in [5, 5.41) is 8.68. The zero-order valence-electron chi connectivity index (χ0n) is 9.16. The second-order valence-corrected chi connectivity index (χ2v) is 3.22. The van der Waals surface area contributed by atoms with Crippen LogP contribution in [0.2, 0.25) is 0 Å². The number of nitrogens with zero attached hydrogens (tertiary/aromatic N) is 1. The fraction of sp³-hybridized carbons (Fsp3) is 0.364. The van der Waals surface area contributed by atoms with Gasteiger partial charge in [-0.15, -0.1) is 0 Å². The number of Topliss-reactive ketones (excluding diaryl/α,β-unsaturated/α-hetero) is 1. The highest BCUT2D eigenvalue weighted by atomic mass is 16.5. The lowest BCUT2D eigenvalue weighted by Gasteiger charge is -2.04. The zero-order valence-corrected chi connectivity index (χ0v) is 9.16. The highest BCUT2D eigenvalue weighted by Gasteiger charge is 2.12. The molecule has 0 amide bonds. The van der Waals surface area contributed by atoms with Gasteiger partial charge in [0.15, 0.2) is 5.78 Å². The van der Waals surface area contributed by atoms with Gasteiger partial charge in [-0.2, -0.15) is 5.26 Å². The maximum absolute atomic E-state index is 11.6. The zero-order chi connectivity index (χ0) is 12.1. The number of pyridine rings is 1. The van der Waals surface area contributed by atoms with Crippen LogP contribution >= 0.6 is 0 Å². The molecule has 0 aliphatic rings. The van der Waals surface area contributed by atoms with Crippen molar-refractivity contribution in [3.05, 3.63) is 33.2 Å². The number of ketones is 1. The fourth-order valence-corrected chi connectivity index (χ4v) is 1.27. The summed E-state index contributed by atoms with van der Waals surface area (Å²) in [5.74, 6) is -0.243. The Hall–Kier alpha value is -1.93. The molecule has 84 valence electrons. The number of aryl methyl sites for hydroxylation is 1. The molecule has 0 bridgehead atoms. The van der Waals surface area contributed by atoms with Crippen molar-refractivity contribution in [1.82, 2.24) is 4.98 Å². The van der Waals surface area contributed by atoms with Gasteiger partial charge in [-0.05, 0) is 19.9 Å². The standard InChI is InChI=1S/C11H12N2O3/c1-3-16-6-10(14)9-4-8(5-12)11(15)13-7(9)2/h4H,3,6H2,1-2H3,(H,13,15). The molecule has 5 nitrogen and oxygen atoms in total. The van der Waals surface area contributed by atoms with E-state index in [0.717, 1.165) is 0 Å². The van der Waals surface area contributed by atoms with Crippen LogP contribution in [-0.2, 0) is 4.74 Å². The van der Waals surface area contributed by atoms with Crippen molar-refractivity contribution in [3.63, 3.8) is 0 Å². The third kappa shape index (κ3) is 2.55. The molecule has 0 unspecified atom stereocenters. The first kappa shape index (κ1) is 12.1. The quantitative estimate of drug-likeness (QED) is 0.760. The van der Waals surface area contributed by atoms with Gasteiger partial charge in [0.1, 0.15) is 18.2 Å². The number of nitriles is 1. The summed E-state index contributed by atoms with van der Waals surface area (Å²) in [6, 6.07) is 3.04. The SMILES string of the molecule is CCOCC(=O)c1cc(C#N)c(=O)[nH]c1C. The maximum atomic E-state index is 11.6. The lowest BCUT2D eigenvalue weighted by atomic mass is 10.1. The molecule has 0 radical (unpaired) electrons. The summed E-state index contributed by atoms with van der Waals surface area (Å²) in [4.78, 5) is 25.3. The van der Waals surface area contributed by atoms with Gasteiger partial charge in [0.05, 0.1) is 0 Å². The molecule has 1 aromatic heterocycles. The van der Waals surface area contributed by atoms with Gasteiger partial charge in [0, 0.05) is 17.9 Å². The van der Waals surface area contributed by atoms with Gasteiger partial charge in [0.2, 0.25) is 0 Å². The van der Waals surface area contributed by atoms with Crippen molar-refractivity contribution < 1.29 is 9.53 Å². The first-order valence-electron chi connectivity index (χ1n) is 4.85. The van der Waals surface area contributed by atoms with Crippen LogP contribution in [0.3, 0.4) is 0 Å². The molecular formula is C11H12N2O3. The molecule has 5 heteroatoms. The minimum atomic E-state index is -0.479. The van der Waals surface area contributed by atoms with E-state index in [9.17, 15) is 9.59 Å². The van der Waals surface area contributed by atoms with Gasteiger partial charge < -0.3 is 9.72 Å². The highest BCUT2D eigenvalue weighted by molar-refractivity contribution is 5.98. The minimum Gasteiger partial charge on any atom is -0.374 e. The van der Waals surface area contributed by atoms with Gasteiger partial charge in [-0.25, -0.2) is 0 Å². The molecule has 0 saturated heterocycles. The van der Waals surface area contributed by atoms with Gasteiger partial charge in [0.25, 0.3) is 5.56 Å². The first-order chi connectivity index (χ1) is 7.60. The van der Waals surface area contributed by atoms with E-state index in [4.69, 9.17) is 10.00 Å². The summed E-state index contributed by atoms with van der Waals surface area (Å²) in [5.41, 5.74) is 0.233. The van der Waals surface area contributed by atoms with Crippen LogP contribution < -0.4 is 5.56 Å². The number of nitrogens with one attached hydrogen (secondary N) is 1. The van der Waals surface area contributed by atoms with Crippen molar-refractivity contribution in [3.8, 4) is 6.07 Å². The van der Waals surface area contributed by atoms with Crippen molar-refractivity contribution in [2.24, 2.45) is 0 Å².